The van der Waals surface area contributed by atoms with Crippen LogP contribution in [0.4, 0.5) is 0 Å². The summed E-state index contributed by atoms with van der Waals surface area (Å²) in [5.41, 5.74) is 5.33. The molecule has 0 unspecified atom stereocenters. The molecule has 5 nitrogen and oxygen atoms in total. The van der Waals surface area contributed by atoms with Gasteiger partial charge in [-0.25, -0.2) is 4.79 Å². The lowest BCUT2D eigenvalue weighted by Crippen LogP contribution is -2.19. The number of nitrogens with zero attached hydrogens (tertiary/aromatic N) is 1. The van der Waals surface area contributed by atoms with Gasteiger partial charge in [0.25, 0.3) is 0 Å². The number of hydrogen-bond donors (Lipinski definition) is 1. The average molecular weight is 418 g/mol. The van der Waals surface area contributed by atoms with Crippen LogP contribution in [0.2, 0.25) is 0 Å². The second kappa shape index (κ2) is 9.31. The first-order valence-electron chi connectivity index (χ1n) is 10.6. The van der Waals surface area contributed by atoms with Crippen LogP contribution in [0.15, 0.2) is 60.8 Å². The molecule has 2 aromatic carbocycles. The summed E-state index contributed by atoms with van der Waals surface area (Å²) in [6.07, 6.45) is 6.63. The second-order valence-electron chi connectivity index (χ2n) is 7.99. The van der Waals surface area contributed by atoms with Crippen LogP contribution in [0.3, 0.4) is 0 Å². The van der Waals surface area contributed by atoms with E-state index in [1.54, 1.807) is 26.4 Å². The molecule has 1 aliphatic rings. The van der Waals surface area contributed by atoms with Crippen LogP contribution in [-0.4, -0.2) is 36.4 Å². The van der Waals surface area contributed by atoms with E-state index in [1.807, 2.05) is 42.6 Å². The van der Waals surface area contributed by atoms with E-state index in [1.165, 1.54) is 5.56 Å². The van der Waals surface area contributed by atoms with Crippen molar-refractivity contribution in [2.45, 2.75) is 37.7 Å². The molecule has 1 N–H and O–H groups in total. The molecule has 3 aromatic rings. The van der Waals surface area contributed by atoms with Crippen molar-refractivity contribution in [2.75, 3.05) is 14.2 Å². The fraction of sp³-hybridized carbons (Fsp3) is 0.308. The Morgan fingerprint density at radius 1 is 0.935 bits per heavy atom. The Hall–Kier alpha value is -3.18. The topological polar surface area (TPSA) is 68.7 Å². The standard InChI is InChI=1S/C26H27NO4/c1-30-22-11-7-17(8-12-22)21-15-24(18-3-5-20(6-4-18)26(28)29)25(27-16-21)19-9-13-23(31-2)14-10-19/h3-6,9-10,13-17,22H,7-8,11-12H2,1-2H3,(H,28,29)/t17-,22-. The van der Waals surface area contributed by atoms with Crippen LogP contribution < -0.4 is 4.74 Å². The molecule has 160 valence electrons. The quantitative estimate of drug-likeness (QED) is 0.549. The molecule has 5 heteroatoms. The first kappa shape index (κ1) is 21.1. The van der Waals surface area contributed by atoms with Gasteiger partial charge in [0.05, 0.1) is 24.5 Å². The minimum Gasteiger partial charge on any atom is -0.497 e. The smallest absolute Gasteiger partial charge is 0.335 e. The Bertz CT molecular complexity index is 1040. The Kier molecular flexibility index (Phi) is 6.33. The number of carbonyl (C=O) groups is 1. The van der Waals surface area contributed by atoms with E-state index < -0.39 is 5.97 Å². The number of hydrogen-bond acceptors (Lipinski definition) is 4. The molecule has 0 saturated heterocycles. The van der Waals surface area contributed by atoms with E-state index in [9.17, 15) is 9.90 Å². The van der Waals surface area contributed by atoms with Crippen molar-refractivity contribution in [2.24, 2.45) is 0 Å². The Morgan fingerprint density at radius 2 is 1.58 bits per heavy atom. The van der Waals surface area contributed by atoms with Gasteiger partial charge >= 0.3 is 5.97 Å². The highest BCUT2D eigenvalue weighted by molar-refractivity contribution is 5.89. The first-order valence-corrected chi connectivity index (χ1v) is 10.6. The van der Waals surface area contributed by atoms with Crippen LogP contribution in [-0.2, 0) is 4.74 Å². The molecule has 1 aromatic heterocycles. The van der Waals surface area contributed by atoms with Gasteiger partial charge in [-0.2, -0.15) is 0 Å². The molecule has 1 fully saturated rings. The van der Waals surface area contributed by atoms with Crippen LogP contribution >= 0.6 is 0 Å². The van der Waals surface area contributed by atoms with Gasteiger partial charge in [0.1, 0.15) is 5.75 Å². The molecular weight excluding hydrogens is 390 g/mol. The molecule has 31 heavy (non-hydrogen) atoms. The lowest BCUT2D eigenvalue weighted by atomic mass is 9.82. The predicted octanol–water partition coefficient (Wildman–Crippen LogP) is 5.80. The van der Waals surface area contributed by atoms with Gasteiger partial charge < -0.3 is 14.6 Å². The van der Waals surface area contributed by atoms with E-state index in [-0.39, 0.29) is 5.56 Å². The molecule has 0 atom stereocenters. The van der Waals surface area contributed by atoms with E-state index >= 15 is 0 Å². The molecule has 0 bridgehead atoms. The number of methoxy groups -OCH3 is 2. The maximum absolute atomic E-state index is 11.3. The van der Waals surface area contributed by atoms with Crippen molar-refractivity contribution in [3.8, 4) is 28.1 Å². The van der Waals surface area contributed by atoms with Gasteiger partial charge in [-0.15, -0.1) is 0 Å². The number of carboxylic acid groups (broad SMARTS) is 1. The number of ether oxygens (including phenoxy) is 2. The minimum atomic E-state index is -0.927. The van der Waals surface area contributed by atoms with Crippen molar-refractivity contribution < 1.29 is 19.4 Å². The Morgan fingerprint density at radius 3 is 2.16 bits per heavy atom. The second-order valence-corrected chi connectivity index (χ2v) is 7.99. The average Bonchev–Trinajstić information content (AvgIpc) is 2.84. The molecule has 0 amide bonds. The summed E-state index contributed by atoms with van der Waals surface area (Å²) in [6, 6.07) is 17.1. The normalized spacial score (nSPS) is 18.5. The number of benzene rings is 2. The Balaban J connectivity index is 1.74. The Labute approximate surface area is 182 Å². The highest BCUT2D eigenvalue weighted by atomic mass is 16.5. The molecular formula is C26H27NO4. The summed E-state index contributed by atoms with van der Waals surface area (Å²) < 4.78 is 10.8. The van der Waals surface area contributed by atoms with E-state index in [0.29, 0.717) is 12.0 Å². The van der Waals surface area contributed by atoms with E-state index in [2.05, 4.69) is 6.07 Å². The zero-order chi connectivity index (χ0) is 21.8. The van der Waals surface area contributed by atoms with Crippen LogP contribution in [0.25, 0.3) is 22.4 Å². The number of aromatic nitrogens is 1. The zero-order valence-electron chi connectivity index (χ0n) is 17.9. The summed E-state index contributed by atoms with van der Waals surface area (Å²) in [7, 11) is 3.44. The molecule has 0 spiro atoms. The molecule has 0 aliphatic heterocycles. The third-order valence-electron chi connectivity index (χ3n) is 6.19. The van der Waals surface area contributed by atoms with Crippen LogP contribution in [0.1, 0.15) is 47.5 Å². The van der Waals surface area contributed by atoms with Gasteiger partial charge in [-0.1, -0.05) is 12.1 Å². The number of aromatic carboxylic acids is 1. The summed E-state index contributed by atoms with van der Waals surface area (Å²) in [5, 5.41) is 9.25. The summed E-state index contributed by atoms with van der Waals surface area (Å²) >= 11 is 0. The molecule has 0 radical (unpaired) electrons. The highest BCUT2D eigenvalue weighted by Crippen LogP contribution is 2.38. The fourth-order valence-corrected chi connectivity index (χ4v) is 4.33. The van der Waals surface area contributed by atoms with E-state index in [4.69, 9.17) is 14.5 Å². The van der Waals surface area contributed by atoms with Gasteiger partial charge in [0, 0.05) is 24.4 Å². The van der Waals surface area contributed by atoms with Crippen molar-refractivity contribution >= 4 is 5.97 Å². The monoisotopic (exact) mass is 417 g/mol. The number of rotatable bonds is 6. The maximum atomic E-state index is 11.3. The van der Waals surface area contributed by atoms with Crippen molar-refractivity contribution in [3.05, 3.63) is 71.9 Å². The van der Waals surface area contributed by atoms with Gasteiger partial charge in [-0.3, -0.25) is 4.98 Å². The van der Waals surface area contributed by atoms with Crippen LogP contribution in [0.5, 0.6) is 5.75 Å². The largest absolute Gasteiger partial charge is 0.497 e. The SMILES string of the molecule is COc1ccc(-c2ncc([C@H]3CC[C@H](OC)CC3)cc2-c2ccc(C(=O)O)cc2)cc1. The predicted molar refractivity (Wildman–Crippen MR) is 121 cm³/mol. The molecule has 1 heterocycles. The van der Waals surface area contributed by atoms with Crippen molar-refractivity contribution in [1.29, 1.82) is 0 Å². The molecule has 1 aliphatic carbocycles. The van der Waals surface area contributed by atoms with Gasteiger partial charge in [0.15, 0.2) is 0 Å². The number of pyridine rings is 1. The fourth-order valence-electron chi connectivity index (χ4n) is 4.33. The first-order chi connectivity index (χ1) is 15.1. The molecule has 4 rings (SSSR count). The maximum Gasteiger partial charge on any atom is 0.335 e. The molecule has 1 saturated carbocycles. The third kappa shape index (κ3) is 4.62. The lowest BCUT2D eigenvalue weighted by molar-refractivity contribution is 0.0658. The summed E-state index contributed by atoms with van der Waals surface area (Å²) in [6.45, 7) is 0. The van der Waals surface area contributed by atoms with Gasteiger partial charge in [0.2, 0.25) is 0 Å². The minimum absolute atomic E-state index is 0.275. The summed E-state index contributed by atoms with van der Waals surface area (Å²) in [4.78, 5) is 16.1. The lowest BCUT2D eigenvalue weighted by Gasteiger charge is -2.28. The highest BCUT2D eigenvalue weighted by Gasteiger charge is 2.23. The van der Waals surface area contributed by atoms with Crippen molar-refractivity contribution in [1.82, 2.24) is 4.98 Å². The van der Waals surface area contributed by atoms with Gasteiger partial charge in [-0.05, 0) is 85.2 Å². The van der Waals surface area contributed by atoms with E-state index in [0.717, 1.165) is 53.8 Å². The van der Waals surface area contributed by atoms with Crippen molar-refractivity contribution in [3.63, 3.8) is 0 Å². The summed E-state index contributed by atoms with van der Waals surface area (Å²) in [5.74, 6) is 0.326. The third-order valence-corrected chi connectivity index (χ3v) is 6.19. The number of carboxylic acids is 1. The zero-order valence-corrected chi connectivity index (χ0v) is 17.9. The van der Waals surface area contributed by atoms with Crippen LogP contribution in [0, 0.1) is 0 Å².